The molecule has 24 heavy (non-hydrogen) atoms. The molecule has 2 unspecified atom stereocenters. The van der Waals surface area contributed by atoms with Gasteiger partial charge in [-0.2, -0.15) is 12.5 Å². The third kappa shape index (κ3) is 49.5. The van der Waals surface area contributed by atoms with Crippen LogP contribution in [0.1, 0.15) is 65.7 Å². The van der Waals surface area contributed by atoms with Crippen molar-refractivity contribution >= 4 is 0 Å². The van der Waals surface area contributed by atoms with Crippen molar-refractivity contribution in [2.45, 2.75) is 77.9 Å². The largest absolute Gasteiger partial charge is 4.00 e. The van der Waals surface area contributed by atoms with Gasteiger partial charge in [-0.05, 0) is 12.8 Å². The summed E-state index contributed by atoms with van der Waals surface area (Å²) in [7, 11) is 0. The molecule has 0 radical (unpaired) electrons. The summed E-state index contributed by atoms with van der Waals surface area (Å²) in [5, 5.41) is 20.5. The topological polar surface area (TPSA) is 46.1 Å². The van der Waals surface area contributed by atoms with Gasteiger partial charge in [-0.1, -0.05) is 52.2 Å². The standard InChI is InChI=1S/2C6H11O.C5H5.C4H9.Zr/c2*1-3-4-5-6(2)7;1-2-4-5-3-1;1-3-4-2;/h2*3,6H,1,4-5H2,2H3;1-3H,4H2;1,3-4H2,2H3;/q4*-1;+4. The monoisotopic (exact) mass is 410 g/mol. The van der Waals surface area contributed by atoms with Crippen molar-refractivity contribution in [1.82, 2.24) is 0 Å². The summed E-state index contributed by atoms with van der Waals surface area (Å²) in [5.41, 5.74) is 0. The predicted molar refractivity (Wildman–Crippen MR) is 99.6 cm³/mol. The van der Waals surface area contributed by atoms with Gasteiger partial charge in [-0.3, -0.25) is 6.08 Å². The first-order valence-electron chi connectivity index (χ1n) is 8.50. The average Bonchev–Trinajstić information content (AvgIpc) is 3.11. The third-order valence-electron chi connectivity index (χ3n) is 2.49. The summed E-state index contributed by atoms with van der Waals surface area (Å²) in [4.78, 5) is 0. The second kappa shape index (κ2) is 30.6. The van der Waals surface area contributed by atoms with Crippen LogP contribution >= 0.6 is 0 Å². The molecule has 0 aromatic heterocycles. The van der Waals surface area contributed by atoms with Gasteiger partial charge < -0.3 is 17.1 Å². The molecule has 3 heteroatoms. The summed E-state index contributed by atoms with van der Waals surface area (Å²) < 4.78 is 0. The van der Waals surface area contributed by atoms with Crippen LogP contribution in [0.25, 0.3) is 0 Å². The fraction of sp³-hybridized carbons (Fsp3) is 0.571. The fourth-order valence-corrected chi connectivity index (χ4v) is 1.05. The van der Waals surface area contributed by atoms with Crippen molar-refractivity contribution in [1.29, 1.82) is 0 Å². The molecule has 1 rings (SSSR count). The van der Waals surface area contributed by atoms with Crippen LogP contribution in [0.5, 0.6) is 0 Å². The van der Waals surface area contributed by atoms with E-state index in [-0.39, 0.29) is 26.2 Å². The van der Waals surface area contributed by atoms with Gasteiger partial charge in [-0.25, -0.2) is 12.2 Å². The van der Waals surface area contributed by atoms with E-state index in [1.165, 1.54) is 6.42 Å². The average molecular weight is 412 g/mol. The van der Waals surface area contributed by atoms with Gasteiger partial charge in [0.25, 0.3) is 0 Å². The molecule has 0 spiro atoms. The first-order valence-corrected chi connectivity index (χ1v) is 8.50. The number of unbranched alkanes of at least 4 members (excludes halogenated alkanes) is 1. The van der Waals surface area contributed by atoms with E-state index in [1.54, 1.807) is 26.0 Å². The minimum Gasteiger partial charge on any atom is -0.852 e. The zero-order chi connectivity index (χ0) is 18.3. The number of hydrogen-bond donors (Lipinski definition) is 0. The molecule has 0 fully saturated rings. The van der Waals surface area contributed by atoms with Gasteiger partial charge >= 0.3 is 26.2 Å². The molecule has 0 saturated heterocycles. The van der Waals surface area contributed by atoms with Crippen molar-refractivity contribution in [3.8, 4) is 0 Å². The van der Waals surface area contributed by atoms with E-state index in [2.05, 4.69) is 39.2 Å². The summed E-state index contributed by atoms with van der Waals surface area (Å²) in [6.45, 7) is 16.0. The fourth-order valence-electron chi connectivity index (χ4n) is 1.05. The molecule has 0 aromatic carbocycles. The van der Waals surface area contributed by atoms with E-state index >= 15 is 0 Å². The molecule has 0 heterocycles. The van der Waals surface area contributed by atoms with Crippen molar-refractivity contribution in [2.75, 3.05) is 0 Å². The van der Waals surface area contributed by atoms with Gasteiger partial charge in [0.05, 0.1) is 0 Å². The molecule has 0 aliphatic heterocycles. The van der Waals surface area contributed by atoms with Crippen LogP contribution in [-0.2, 0) is 26.2 Å². The van der Waals surface area contributed by atoms with Crippen molar-refractivity contribution in [3.05, 3.63) is 56.5 Å². The maximum absolute atomic E-state index is 10.2. The Morgan fingerprint density at radius 1 is 1.12 bits per heavy atom. The summed E-state index contributed by atoms with van der Waals surface area (Å²) in [5.74, 6) is 0. The van der Waals surface area contributed by atoms with Crippen LogP contribution in [0.3, 0.4) is 0 Å². The minimum atomic E-state index is -0.419. The molecule has 0 bridgehead atoms. The van der Waals surface area contributed by atoms with E-state index in [1.807, 2.05) is 12.2 Å². The van der Waals surface area contributed by atoms with E-state index in [9.17, 15) is 10.2 Å². The van der Waals surface area contributed by atoms with Crippen LogP contribution in [0.2, 0.25) is 0 Å². The third-order valence-corrected chi connectivity index (χ3v) is 2.49. The Kier molecular flexibility index (Phi) is 40.2. The SMILES string of the molecule is C=CCCC(C)[O-].C=CCCC(C)[O-].[C-]1=CC=CC1.[CH2-]CCC.[Zr+4]. The van der Waals surface area contributed by atoms with Crippen LogP contribution in [0, 0.1) is 13.0 Å². The molecule has 0 aromatic rings. The maximum Gasteiger partial charge on any atom is 4.00 e. The zero-order valence-electron chi connectivity index (χ0n) is 15.9. The van der Waals surface area contributed by atoms with Gasteiger partial charge in [0.2, 0.25) is 0 Å². The van der Waals surface area contributed by atoms with E-state index in [0.717, 1.165) is 38.5 Å². The van der Waals surface area contributed by atoms with Crippen LogP contribution < -0.4 is 10.2 Å². The Morgan fingerprint density at radius 3 is 1.62 bits per heavy atom. The molecule has 0 saturated carbocycles. The Morgan fingerprint density at radius 2 is 1.54 bits per heavy atom. The van der Waals surface area contributed by atoms with Crippen molar-refractivity contribution in [2.24, 2.45) is 0 Å². The normalized spacial score (nSPS) is 12.8. The molecule has 1 aliphatic rings. The van der Waals surface area contributed by atoms with Crippen molar-refractivity contribution < 1.29 is 36.4 Å². The molecule has 0 N–H and O–H groups in total. The molecule has 136 valence electrons. The Hall–Kier alpha value is -0.237. The maximum atomic E-state index is 10.2. The molecular formula is C21H36O2Zr. The summed E-state index contributed by atoms with van der Waals surface area (Å²) in [6, 6.07) is 0. The summed E-state index contributed by atoms with van der Waals surface area (Å²) in [6.07, 6.45) is 18.1. The van der Waals surface area contributed by atoms with E-state index in [4.69, 9.17) is 0 Å². The molecule has 1 aliphatic carbocycles. The van der Waals surface area contributed by atoms with E-state index < -0.39 is 12.2 Å². The quantitative estimate of drug-likeness (QED) is 0.462. The van der Waals surface area contributed by atoms with Crippen LogP contribution in [-0.4, -0.2) is 12.2 Å². The number of rotatable bonds is 7. The number of hydrogen-bond acceptors (Lipinski definition) is 2. The first-order chi connectivity index (χ1) is 11.0. The van der Waals surface area contributed by atoms with Gasteiger partial charge in [-0.15, -0.1) is 31.8 Å². The van der Waals surface area contributed by atoms with Gasteiger partial charge in [0.15, 0.2) is 0 Å². The van der Waals surface area contributed by atoms with Crippen molar-refractivity contribution in [3.63, 3.8) is 0 Å². The second-order valence-corrected chi connectivity index (χ2v) is 5.21. The Bertz CT molecular complexity index is 254. The second-order valence-electron chi connectivity index (χ2n) is 5.21. The minimum absolute atomic E-state index is 0. The summed E-state index contributed by atoms with van der Waals surface area (Å²) >= 11 is 0. The van der Waals surface area contributed by atoms with E-state index in [0.29, 0.717) is 0 Å². The van der Waals surface area contributed by atoms with Gasteiger partial charge in [0, 0.05) is 0 Å². The molecule has 0 amide bonds. The predicted octanol–water partition coefficient (Wildman–Crippen LogP) is 4.33. The Labute approximate surface area is 170 Å². The zero-order valence-corrected chi connectivity index (χ0v) is 18.4. The molecule has 2 atom stereocenters. The van der Waals surface area contributed by atoms with Crippen LogP contribution in [0.15, 0.2) is 43.5 Å². The van der Waals surface area contributed by atoms with Gasteiger partial charge in [0.1, 0.15) is 0 Å². The molecule has 2 nitrogen and oxygen atoms in total. The van der Waals surface area contributed by atoms with Crippen LogP contribution in [0.4, 0.5) is 0 Å². The number of allylic oxidation sites excluding steroid dienone is 6. The first kappa shape index (κ1) is 31.5. The smallest absolute Gasteiger partial charge is 0.852 e. The Balaban J connectivity index is -0.000000112. The molecular weight excluding hydrogens is 375 g/mol.